The van der Waals surface area contributed by atoms with Crippen LogP contribution < -0.4 is 15.4 Å². The monoisotopic (exact) mass is 401 g/mol. The number of carbonyl (C=O) groups is 1. The highest BCUT2D eigenvalue weighted by molar-refractivity contribution is 7.89. The number of anilines is 1. The Bertz CT molecular complexity index is 926. The van der Waals surface area contributed by atoms with E-state index in [1.807, 2.05) is 6.07 Å². The zero-order valence-electron chi connectivity index (χ0n) is 16.1. The zero-order chi connectivity index (χ0) is 20.1. The van der Waals surface area contributed by atoms with Gasteiger partial charge in [-0.3, -0.25) is 4.79 Å². The first-order valence-electron chi connectivity index (χ1n) is 9.57. The molecule has 0 fully saturated rings. The Balaban J connectivity index is 1.46. The fourth-order valence-electron chi connectivity index (χ4n) is 3.60. The number of fused-ring (bicyclic) bond motifs is 1. The maximum Gasteiger partial charge on any atom is 0.238 e. The standard InChI is InChI=1S/C21H27N3O3S/c1-16-6-9-18-4-2-3-5-20(18)24(16)15-13-21(25)23-14-12-17-7-10-19(11-8-17)28(22,26)27/h2-5,7-8,10-11,16H,6,9,12-15H2,1H3,(H,23,25)(H2,22,26,27). The van der Waals surface area contributed by atoms with Gasteiger partial charge < -0.3 is 10.2 Å². The van der Waals surface area contributed by atoms with E-state index in [1.54, 1.807) is 12.1 Å². The van der Waals surface area contributed by atoms with Gasteiger partial charge in [0.25, 0.3) is 0 Å². The molecular formula is C21H27N3O3S. The Morgan fingerprint density at radius 2 is 1.89 bits per heavy atom. The van der Waals surface area contributed by atoms with Gasteiger partial charge in [-0.05, 0) is 55.5 Å². The fraction of sp³-hybridized carbons (Fsp3) is 0.381. The Kier molecular flexibility index (Phi) is 6.36. The highest BCUT2D eigenvalue weighted by atomic mass is 32.2. The van der Waals surface area contributed by atoms with E-state index in [-0.39, 0.29) is 10.8 Å². The predicted molar refractivity (Wildman–Crippen MR) is 111 cm³/mol. The van der Waals surface area contributed by atoms with E-state index in [0.29, 0.717) is 32.0 Å². The smallest absolute Gasteiger partial charge is 0.238 e. The van der Waals surface area contributed by atoms with E-state index in [9.17, 15) is 13.2 Å². The van der Waals surface area contributed by atoms with Gasteiger partial charge in [0.2, 0.25) is 15.9 Å². The number of aryl methyl sites for hydroxylation is 1. The third kappa shape index (κ3) is 5.11. The van der Waals surface area contributed by atoms with Crippen LogP contribution >= 0.6 is 0 Å². The van der Waals surface area contributed by atoms with Crippen LogP contribution in [0.1, 0.15) is 30.9 Å². The summed E-state index contributed by atoms with van der Waals surface area (Å²) in [5.74, 6) is 0.0245. The molecule has 0 saturated heterocycles. The van der Waals surface area contributed by atoms with Gasteiger partial charge in [-0.15, -0.1) is 0 Å². The second kappa shape index (κ2) is 8.75. The molecule has 150 valence electrons. The van der Waals surface area contributed by atoms with Gasteiger partial charge in [0.05, 0.1) is 4.90 Å². The molecule has 1 heterocycles. The van der Waals surface area contributed by atoms with Gasteiger partial charge in [-0.25, -0.2) is 13.6 Å². The van der Waals surface area contributed by atoms with Crippen molar-refractivity contribution in [1.82, 2.24) is 5.32 Å². The minimum Gasteiger partial charge on any atom is -0.368 e. The third-order valence-electron chi connectivity index (χ3n) is 5.23. The number of hydrogen-bond acceptors (Lipinski definition) is 4. The van der Waals surface area contributed by atoms with Crippen LogP contribution in [0.2, 0.25) is 0 Å². The number of rotatable bonds is 7. The second-order valence-corrected chi connectivity index (χ2v) is 8.81. The maximum atomic E-state index is 12.2. The summed E-state index contributed by atoms with van der Waals surface area (Å²) in [4.78, 5) is 14.7. The number of nitrogens with one attached hydrogen (secondary N) is 1. The summed E-state index contributed by atoms with van der Waals surface area (Å²) in [7, 11) is -3.67. The molecule has 3 N–H and O–H groups in total. The summed E-state index contributed by atoms with van der Waals surface area (Å²) in [6, 6.07) is 15.3. The van der Waals surface area contributed by atoms with Crippen LogP contribution in [0, 0.1) is 0 Å². The Morgan fingerprint density at radius 1 is 1.18 bits per heavy atom. The van der Waals surface area contributed by atoms with Gasteiger partial charge in [0, 0.05) is 31.2 Å². The molecule has 0 aliphatic carbocycles. The molecule has 1 amide bonds. The van der Waals surface area contributed by atoms with Crippen LogP contribution in [0.15, 0.2) is 53.4 Å². The Labute approximate surface area is 166 Å². The molecule has 0 saturated carbocycles. The van der Waals surface area contributed by atoms with Crippen molar-refractivity contribution in [2.75, 3.05) is 18.0 Å². The van der Waals surface area contributed by atoms with Crippen LogP contribution in [0.4, 0.5) is 5.69 Å². The van der Waals surface area contributed by atoms with E-state index < -0.39 is 10.0 Å². The summed E-state index contributed by atoms with van der Waals surface area (Å²) in [6.45, 7) is 3.42. The van der Waals surface area contributed by atoms with Crippen LogP contribution in [0.3, 0.4) is 0 Å². The normalized spacial score (nSPS) is 16.5. The first-order chi connectivity index (χ1) is 13.3. The summed E-state index contributed by atoms with van der Waals surface area (Å²) < 4.78 is 22.5. The van der Waals surface area contributed by atoms with Gasteiger partial charge in [-0.2, -0.15) is 0 Å². The number of benzene rings is 2. The van der Waals surface area contributed by atoms with E-state index in [4.69, 9.17) is 5.14 Å². The van der Waals surface area contributed by atoms with Crippen molar-refractivity contribution in [2.45, 2.75) is 43.5 Å². The number of para-hydroxylation sites is 1. The molecule has 1 aliphatic heterocycles. The molecule has 6 nitrogen and oxygen atoms in total. The molecule has 2 aromatic carbocycles. The van der Waals surface area contributed by atoms with Crippen LogP contribution in [-0.2, 0) is 27.7 Å². The lowest BCUT2D eigenvalue weighted by Crippen LogP contribution is -2.40. The number of nitrogens with two attached hydrogens (primary N) is 1. The lowest BCUT2D eigenvalue weighted by Gasteiger charge is -2.37. The number of sulfonamides is 1. The molecule has 1 atom stereocenters. The molecule has 0 bridgehead atoms. The highest BCUT2D eigenvalue weighted by Gasteiger charge is 2.22. The third-order valence-corrected chi connectivity index (χ3v) is 6.16. The number of hydrogen-bond donors (Lipinski definition) is 2. The van der Waals surface area contributed by atoms with Crippen LogP contribution in [-0.4, -0.2) is 33.5 Å². The van der Waals surface area contributed by atoms with Crippen molar-refractivity contribution in [1.29, 1.82) is 0 Å². The molecule has 1 unspecified atom stereocenters. The van der Waals surface area contributed by atoms with E-state index in [0.717, 1.165) is 18.4 Å². The minimum atomic E-state index is -3.67. The molecule has 0 radical (unpaired) electrons. The number of carbonyl (C=O) groups excluding carboxylic acids is 1. The molecule has 3 rings (SSSR count). The lowest BCUT2D eigenvalue weighted by atomic mass is 9.96. The molecule has 7 heteroatoms. The van der Waals surface area contributed by atoms with Crippen molar-refractivity contribution in [3.63, 3.8) is 0 Å². The minimum absolute atomic E-state index is 0.0245. The van der Waals surface area contributed by atoms with Crippen molar-refractivity contribution in [3.8, 4) is 0 Å². The average Bonchev–Trinajstić information content (AvgIpc) is 2.67. The van der Waals surface area contributed by atoms with Crippen molar-refractivity contribution < 1.29 is 13.2 Å². The summed E-state index contributed by atoms with van der Waals surface area (Å²) in [5, 5.41) is 8.04. The first kappa shape index (κ1) is 20.4. The largest absolute Gasteiger partial charge is 0.368 e. The van der Waals surface area contributed by atoms with Crippen molar-refractivity contribution in [3.05, 3.63) is 59.7 Å². The van der Waals surface area contributed by atoms with Crippen molar-refractivity contribution >= 4 is 21.6 Å². The molecule has 0 aromatic heterocycles. The quantitative estimate of drug-likeness (QED) is 0.744. The van der Waals surface area contributed by atoms with Crippen LogP contribution in [0.5, 0.6) is 0 Å². The average molecular weight is 402 g/mol. The van der Waals surface area contributed by atoms with E-state index >= 15 is 0 Å². The number of nitrogens with zero attached hydrogens (tertiary/aromatic N) is 1. The molecular weight excluding hydrogens is 374 g/mol. The summed E-state index contributed by atoms with van der Waals surface area (Å²) >= 11 is 0. The molecule has 0 spiro atoms. The molecule has 1 aliphatic rings. The van der Waals surface area contributed by atoms with Crippen LogP contribution in [0.25, 0.3) is 0 Å². The molecule has 2 aromatic rings. The molecule has 28 heavy (non-hydrogen) atoms. The second-order valence-electron chi connectivity index (χ2n) is 7.25. The first-order valence-corrected chi connectivity index (χ1v) is 11.1. The van der Waals surface area contributed by atoms with Gasteiger partial charge in [-0.1, -0.05) is 30.3 Å². The zero-order valence-corrected chi connectivity index (χ0v) is 16.9. The summed E-state index contributed by atoms with van der Waals surface area (Å²) in [6.07, 6.45) is 3.28. The topological polar surface area (TPSA) is 92.5 Å². The predicted octanol–water partition coefficient (Wildman–Crippen LogP) is 2.22. The lowest BCUT2D eigenvalue weighted by molar-refractivity contribution is -0.120. The Morgan fingerprint density at radius 3 is 2.61 bits per heavy atom. The number of primary sulfonamides is 1. The van der Waals surface area contributed by atoms with Crippen molar-refractivity contribution in [2.24, 2.45) is 5.14 Å². The Hall–Kier alpha value is -2.38. The van der Waals surface area contributed by atoms with E-state index in [1.165, 1.54) is 23.4 Å². The SMILES string of the molecule is CC1CCc2ccccc2N1CCC(=O)NCCc1ccc(S(N)(=O)=O)cc1. The summed E-state index contributed by atoms with van der Waals surface area (Å²) in [5.41, 5.74) is 3.54. The number of amides is 1. The van der Waals surface area contributed by atoms with Gasteiger partial charge in [0.1, 0.15) is 0 Å². The van der Waals surface area contributed by atoms with E-state index in [2.05, 4.69) is 35.3 Å². The fourth-order valence-corrected chi connectivity index (χ4v) is 4.12. The van der Waals surface area contributed by atoms with Gasteiger partial charge in [0.15, 0.2) is 0 Å². The highest BCUT2D eigenvalue weighted by Crippen LogP contribution is 2.30. The maximum absolute atomic E-state index is 12.2. The van der Waals surface area contributed by atoms with Gasteiger partial charge >= 0.3 is 0 Å².